The van der Waals surface area contributed by atoms with Crippen LogP contribution in [0.4, 0.5) is 20.3 Å². The van der Waals surface area contributed by atoms with Crippen LogP contribution < -0.4 is 16.4 Å². The quantitative estimate of drug-likeness (QED) is 0.302. The van der Waals surface area contributed by atoms with E-state index in [0.717, 1.165) is 6.07 Å². The number of anilines is 2. The zero-order valence-corrected chi connectivity index (χ0v) is 19.8. The normalized spacial score (nSPS) is 12.5. The molecule has 0 aliphatic heterocycles. The van der Waals surface area contributed by atoms with Gasteiger partial charge in [-0.05, 0) is 51.3 Å². The minimum absolute atomic E-state index is 0.176. The number of aryl methyl sites for hydroxylation is 1. The summed E-state index contributed by atoms with van der Waals surface area (Å²) in [5.41, 5.74) is 8.92. The third-order valence-corrected chi connectivity index (χ3v) is 6.05. The number of aromatic nitrogens is 2. The predicted octanol–water partition coefficient (Wildman–Crippen LogP) is 5.17. The number of pyridine rings is 1. The number of hydrogen-bond acceptors (Lipinski definition) is 4. The molecule has 7 nitrogen and oxygen atoms in total. The van der Waals surface area contributed by atoms with Crippen LogP contribution in [0.3, 0.4) is 0 Å². The van der Waals surface area contributed by atoms with Crippen LogP contribution in [0.1, 0.15) is 14.5 Å². The molecule has 10 heteroatoms. The van der Waals surface area contributed by atoms with Gasteiger partial charge in [-0.1, -0.05) is 24.8 Å². The molecule has 0 saturated heterocycles. The zero-order chi connectivity index (χ0) is 27.9. The first-order chi connectivity index (χ1) is 17.8. The van der Waals surface area contributed by atoms with Crippen LogP contribution >= 0.6 is 15.9 Å². The average Bonchev–Trinajstić information content (AvgIpc) is 3.14. The van der Waals surface area contributed by atoms with Crippen molar-refractivity contribution in [3.63, 3.8) is 0 Å². The van der Waals surface area contributed by atoms with Gasteiger partial charge < -0.3 is 20.9 Å². The minimum atomic E-state index is -2.78. The van der Waals surface area contributed by atoms with Crippen molar-refractivity contribution in [2.24, 2.45) is 7.05 Å². The summed E-state index contributed by atoms with van der Waals surface area (Å²) >= 11 is 3.49. The van der Waals surface area contributed by atoms with Crippen LogP contribution in [0.2, 0.25) is 0 Å². The summed E-state index contributed by atoms with van der Waals surface area (Å²) in [4.78, 5) is 28.1. The largest absolute Gasteiger partial charge is 0.383 e. The Labute approximate surface area is 212 Å². The average molecular weight is 543 g/mol. The number of carbonyl (C=O) groups excluding carboxylic acids is 2. The van der Waals surface area contributed by atoms with E-state index < -0.39 is 36.0 Å². The first kappa shape index (κ1) is 20.3. The number of fused-ring (bicyclic) bond motifs is 1. The molecule has 35 heavy (non-hydrogen) atoms. The SMILES string of the molecule is [2H]C([2H])([2H])NC(=O)c1ccc(-c2c(-c3ccc(NC(=O)C(=C)F)cc3)n(C)c3c(Br)cnc(N)c23)cc1F. The lowest BCUT2D eigenvalue weighted by Gasteiger charge is -2.11. The van der Waals surface area contributed by atoms with Crippen LogP contribution in [0, 0.1) is 5.82 Å². The molecule has 0 unspecified atom stereocenters. The molecule has 2 aromatic carbocycles. The molecule has 0 saturated carbocycles. The van der Waals surface area contributed by atoms with E-state index >= 15 is 4.39 Å². The number of nitrogen functional groups attached to an aromatic ring is 1. The Hall–Kier alpha value is -4.05. The van der Waals surface area contributed by atoms with Gasteiger partial charge in [-0.2, -0.15) is 0 Å². The van der Waals surface area contributed by atoms with E-state index in [1.165, 1.54) is 18.3 Å². The lowest BCUT2D eigenvalue weighted by Crippen LogP contribution is -2.19. The molecule has 2 amide bonds. The number of carbonyl (C=O) groups is 2. The second kappa shape index (κ2) is 9.30. The maximum atomic E-state index is 15.1. The molecule has 0 atom stereocenters. The fourth-order valence-electron chi connectivity index (χ4n) is 3.92. The van der Waals surface area contributed by atoms with Crippen molar-refractivity contribution in [1.29, 1.82) is 0 Å². The maximum absolute atomic E-state index is 15.1. The van der Waals surface area contributed by atoms with Gasteiger partial charge in [0.15, 0.2) is 5.83 Å². The third-order valence-electron chi connectivity index (χ3n) is 5.47. The van der Waals surface area contributed by atoms with Gasteiger partial charge in [-0.3, -0.25) is 9.59 Å². The molecule has 0 aliphatic rings. The summed E-state index contributed by atoms with van der Waals surface area (Å²) in [5, 5.41) is 4.67. The summed E-state index contributed by atoms with van der Waals surface area (Å²) in [6.45, 7) is 0.190. The molecule has 0 fully saturated rings. The smallest absolute Gasteiger partial charge is 0.283 e. The predicted molar refractivity (Wildman–Crippen MR) is 136 cm³/mol. The summed E-state index contributed by atoms with van der Waals surface area (Å²) in [7, 11) is 1.78. The molecule has 2 aromatic heterocycles. The first-order valence-corrected chi connectivity index (χ1v) is 10.9. The van der Waals surface area contributed by atoms with Gasteiger partial charge in [0, 0.05) is 35.6 Å². The van der Waals surface area contributed by atoms with Crippen LogP contribution in [0.15, 0.2) is 65.5 Å². The molecule has 178 valence electrons. The Bertz CT molecular complexity index is 1620. The van der Waals surface area contributed by atoms with Crippen molar-refractivity contribution in [2.45, 2.75) is 0 Å². The molecule has 0 radical (unpaired) electrons. The maximum Gasteiger partial charge on any atom is 0.283 e. The fourth-order valence-corrected chi connectivity index (χ4v) is 4.48. The zero-order valence-electron chi connectivity index (χ0n) is 21.2. The number of benzene rings is 2. The van der Waals surface area contributed by atoms with Crippen LogP contribution in [-0.4, -0.2) is 28.3 Å². The van der Waals surface area contributed by atoms with Gasteiger partial charge in [0.1, 0.15) is 11.6 Å². The van der Waals surface area contributed by atoms with Gasteiger partial charge in [0.25, 0.3) is 11.8 Å². The second-order valence-corrected chi connectivity index (χ2v) is 8.44. The van der Waals surface area contributed by atoms with Crippen molar-refractivity contribution in [3.05, 3.63) is 76.9 Å². The lowest BCUT2D eigenvalue weighted by atomic mass is 9.97. The Morgan fingerprint density at radius 3 is 2.51 bits per heavy atom. The van der Waals surface area contributed by atoms with Gasteiger partial charge >= 0.3 is 0 Å². The van der Waals surface area contributed by atoms with Gasteiger partial charge in [-0.25, -0.2) is 13.8 Å². The van der Waals surface area contributed by atoms with Crippen molar-refractivity contribution >= 4 is 50.2 Å². The highest BCUT2D eigenvalue weighted by Crippen LogP contribution is 2.44. The molecule has 0 spiro atoms. The molecule has 4 N–H and O–H groups in total. The highest BCUT2D eigenvalue weighted by atomic mass is 79.9. The third kappa shape index (κ3) is 4.28. The molecule has 2 heterocycles. The van der Waals surface area contributed by atoms with Crippen molar-refractivity contribution in [2.75, 3.05) is 18.0 Å². The van der Waals surface area contributed by atoms with Gasteiger partial charge in [0.2, 0.25) is 0 Å². The van der Waals surface area contributed by atoms with Crippen LogP contribution in [0.5, 0.6) is 0 Å². The van der Waals surface area contributed by atoms with Crippen molar-refractivity contribution in [1.82, 2.24) is 14.9 Å². The highest BCUT2D eigenvalue weighted by molar-refractivity contribution is 9.10. The Balaban J connectivity index is 1.90. The molecule has 0 aliphatic carbocycles. The Kier molecular flexibility index (Phi) is 5.40. The number of nitrogens with two attached hydrogens (primary N) is 1. The molecular weight excluding hydrogens is 520 g/mol. The summed E-state index contributed by atoms with van der Waals surface area (Å²) < 4.78 is 52.3. The monoisotopic (exact) mass is 542 g/mol. The molecule has 4 rings (SSSR count). The van der Waals surface area contributed by atoms with E-state index in [4.69, 9.17) is 9.85 Å². The number of halogens is 3. The highest BCUT2D eigenvalue weighted by Gasteiger charge is 2.24. The lowest BCUT2D eigenvalue weighted by molar-refractivity contribution is -0.114. The van der Waals surface area contributed by atoms with Crippen molar-refractivity contribution < 1.29 is 22.5 Å². The Morgan fingerprint density at radius 2 is 1.89 bits per heavy atom. The van der Waals surface area contributed by atoms with E-state index in [1.807, 2.05) is 4.57 Å². The number of nitrogens with one attached hydrogen (secondary N) is 2. The summed E-state index contributed by atoms with van der Waals surface area (Å²) in [6, 6.07) is 10.3. The molecule has 0 bridgehead atoms. The summed E-state index contributed by atoms with van der Waals surface area (Å²) in [6.07, 6.45) is 1.54. The van der Waals surface area contributed by atoms with E-state index in [9.17, 15) is 14.0 Å². The number of nitrogens with zero attached hydrogens (tertiary/aromatic N) is 2. The van der Waals surface area contributed by atoms with Crippen molar-refractivity contribution in [3.8, 4) is 22.4 Å². The number of amides is 2. The van der Waals surface area contributed by atoms with Crippen LogP contribution in [-0.2, 0) is 11.8 Å². The Morgan fingerprint density at radius 1 is 1.20 bits per heavy atom. The second-order valence-electron chi connectivity index (χ2n) is 7.58. The van der Waals surface area contributed by atoms with E-state index in [2.05, 4.69) is 32.8 Å². The van der Waals surface area contributed by atoms with Gasteiger partial charge in [0.05, 0.1) is 26.6 Å². The minimum Gasteiger partial charge on any atom is -0.383 e. The van der Waals surface area contributed by atoms with E-state index in [0.29, 0.717) is 43.4 Å². The molecule has 4 aromatic rings. The number of hydrogen-bond donors (Lipinski definition) is 3. The topological polar surface area (TPSA) is 102 Å². The first-order valence-electron chi connectivity index (χ1n) is 11.6. The van der Waals surface area contributed by atoms with E-state index in [-0.39, 0.29) is 5.82 Å². The van der Waals surface area contributed by atoms with E-state index in [1.54, 1.807) is 36.6 Å². The van der Waals surface area contributed by atoms with Crippen LogP contribution in [0.25, 0.3) is 33.3 Å². The number of rotatable bonds is 5. The van der Waals surface area contributed by atoms with Gasteiger partial charge in [-0.15, -0.1) is 0 Å². The standard InChI is InChI=1S/C25H20BrF2N5O2/c1-12(27)24(34)32-15-7-4-13(5-8-15)21-19(14-6-9-16(18(28)10-14)25(35)30-2)20-22(33(21)3)17(26)11-31-23(20)29/h4-11H,1H2,2-3H3,(H2,29,31)(H,30,35)(H,32,34)/i2D3. The summed E-state index contributed by atoms with van der Waals surface area (Å²) in [5.74, 6) is -3.93. The fraction of sp³-hybridized carbons (Fsp3) is 0.0800. The molecular formula is C25H20BrF2N5O2.